The number of hydrogen-bond acceptors (Lipinski definition) is 6. The number of carbonyl (C=O) groups excluding carboxylic acids is 3. The lowest BCUT2D eigenvalue weighted by Gasteiger charge is -2.18. The zero-order chi connectivity index (χ0) is 59.9. The zero-order valence-electron chi connectivity index (χ0n) is 53.1. The number of allylic oxidation sites excluding steroid dienone is 30. The lowest BCUT2D eigenvalue weighted by atomic mass is 10.0. The fourth-order valence-corrected chi connectivity index (χ4v) is 8.53. The summed E-state index contributed by atoms with van der Waals surface area (Å²) in [4.78, 5) is 38.4. The van der Waals surface area contributed by atoms with E-state index in [0.717, 1.165) is 154 Å². The highest BCUT2D eigenvalue weighted by Crippen LogP contribution is 2.15. The number of hydrogen-bond donors (Lipinski definition) is 0. The SMILES string of the molecule is CC/C=C\C/C=C\C/C=C\C/C=C\C/C=C\C/C=C\CCCCCCCCC(=O)OCC(COC(=O)CCC/C=C\C/C=C\C/C=C\C/C=C\C/C=C\CC)OC(=O)CCCCCCCCCCCC/C=C\C/C=C\C/C=C\C/C=C\CC. The van der Waals surface area contributed by atoms with Gasteiger partial charge in [-0.3, -0.25) is 14.4 Å². The second kappa shape index (κ2) is 69.0. The van der Waals surface area contributed by atoms with Crippen LogP contribution in [0.25, 0.3) is 0 Å². The fraction of sp³-hybridized carbons (Fsp3) is 0.571. The average Bonchev–Trinajstić information content (AvgIpc) is 3.49. The van der Waals surface area contributed by atoms with Crippen LogP contribution in [0.4, 0.5) is 0 Å². The van der Waals surface area contributed by atoms with Crippen LogP contribution in [0.1, 0.15) is 265 Å². The van der Waals surface area contributed by atoms with E-state index in [4.69, 9.17) is 14.2 Å². The van der Waals surface area contributed by atoms with Crippen molar-refractivity contribution >= 4 is 17.9 Å². The Morgan fingerprint density at radius 3 is 0.723 bits per heavy atom. The molecular formula is C77H120O6. The third-order valence-electron chi connectivity index (χ3n) is 13.4. The first kappa shape index (κ1) is 77.5. The van der Waals surface area contributed by atoms with E-state index >= 15 is 0 Å². The van der Waals surface area contributed by atoms with Crippen LogP contribution in [0.5, 0.6) is 0 Å². The van der Waals surface area contributed by atoms with Crippen molar-refractivity contribution in [3.05, 3.63) is 182 Å². The van der Waals surface area contributed by atoms with Gasteiger partial charge in [0.05, 0.1) is 0 Å². The van der Waals surface area contributed by atoms with E-state index in [-0.39, 0.29) is 37.5 Å². The molecule has 0 aliphatic rings. The van der Waals surface area contributed by atoms with Crippen molar-refractivity contribution in [1.82, 2.24) is 0 Å². The maximum absolute atomic E-state index is 13.0. The number of ether oxygens (including phenoxy) is 3. The topological polar surface area (TPSA) is 78.9 Å². The summed E-state index contributed by atoms with van der Waals surface area (Å²) in [6, 6.07) is 0. The van der Waals surface area contributed by atoms with Crippen molar-refractivity contribution < 1.29 is 28.6 Å². The van der Waals surface area contributed by atoms with E-state index in [1.54, 1.807) is 0 Å². The molecule has 6 heteroatoms. The number of unbranched alkanes of at least 4 members (excludes halogenated alkanes) is 17. The van der Waals surface area contributed by atoms with Gasteiger partial charge in [-0.2, -0.15) is 0 Å². The molecule has 0 rings (SSSR count). The highest BCUT2D eigenvalue weighted by molar-refractivity contribution is 5.71. The molecule has 464 valence electrons. The lowest BCUT2D eigenvalue weighted by Crippen LogP contribution is -2.30. The molecule has 1 unspecified atom stereocenters. The zero-order valence-corrected chi connectivity index (χ0v) is 53.1. The monoisotopic (exact) mass is 1140 g/mol. The summed E-state index contributed by atoms with van der Waals surface area (Å²) in [5, 5.41) is 0. The normalized spacial score (nSPS) is 13.3. The number of esters is 3. The first-order valence-corrected chi connectivity index (χ1v) is 33.3. The summed E-state index contributed by atoms with van der Waals surface area (Å²) in [5.74, 6) is -0.996. The number of carbonyl (C=O) groups is 3. The molecule has 0 aromatic rings. The number of rotatable bonds is 58. The van der Waals surface area contributed by atoms with Gasteiger partial charge in [-0.25, -0.2) is 0 Å². The van der Waals surface area contributed by atoms with Crippen LogP contribution in [0.2, 0.25) is 0 Å². The largest absolute Gasteiger partial charge is 0.462 e. The summed E-state index contributed by atoms with van der Waals surface area (Å²) < 4.78 is 16.9. The molecule has 0 heterocycles. The molecule has 0 saturated carbocycles. The maximum atomic E-state index is 13.0. The first-order chi connectivity index (χ1) is 41.0. The van der Waals surface area contributed by atoms with Gasteiger partial charge in [0.25, 0.3) is 0 Å². The van der Waals surface area contributed by atoms with Gasteiger partial charge in [0.15, 0.2) is 6.10 Å². The van der Waals surface area contributed by atoms with E-state index in [1.807, 2.05) is 0 Å². The molecular weight excluding hydrogens is 1020 g/mol. The van der Waals surface area contributed by atoms with Crippen LogP contribution in [-0.2, 0) is 28.6 Å². The van der Waals surface area contributed by atoms with Crippen molar-refractivity contribution in [2.75, 3.05) is 13.2 Å². The Hall–Kier alpha value is -5.49. The molecule has 0 aliphatic carbocycles. The minimum atomic E-state index is -0.823. The molecule has 0 bridgehead atoms. The van der Waals surface area contributed by atoms with Gasteiger partial charge in [0, 0.05) is 19.3 Å². The van der Waals surface area contributed by atoms with Crippen LogP contribution < -0.4 is 0 Å². The Kier molecular flexibility index (Phi) is 64.4. The summed E-state index contributed by atoms with van der Waals surface area (Å²) in [6.45, 7) is 6.23. The Balaban J connectivity index is 4.51. The second-order valence-electron chi connectivity index (χ2n) is 21.2. The molecule has 83 heavy (non-hydrogen) atoms. The summed E-state index contributed by atoms with van der Waals surface area (Å²) in [7, 11) is 0. The second-order valence-corrected chi connectivity index (χ2v) is 21.2. The smallest absolute Gasteiger partial charge is 0.306 e. The Morgan fingerprint density at radius 2 is 0.446 bits per heavy atom. The highest BCUT2D eigenvalue weighted by Gasteiger charge is 2.19. The Morgan fingerprint density at radius 1 is 0.241 bits per heavy atom. The van der Waals surface area contributed by atoms with Crippen molar-refractivity contribution in [3.63, 3.8) is 0 Å². The molecule has 0 aliphatic heterocycles. The Bertz CT molecular complexity index is 1940. The summed E-state index contributed by atoms with van der Waals surface area (Å²) in [5.41, 5.74) is 0. The van der Waals surface area contributed by atoms with Gasteiger partial charge in [-0.15, -0.1) is 0 Å². The van der Waals surface area contributed by atoms with Crippen molar-refractivity contribution in [3.8, 4) is 0 Å². The lowest BCUT2D eigenvalue weighted by molar-refractivity contribution is -0.167. The van der Waals surface area contributed by atoms with Crippen molar-refractivity contribution in [2.45, 2.75) is 271 Å². The molecule has 0 aromatic heterocycles. The van der Waals surface area contributed by atoms with E-state index in [9.17, 15) is 14.4 Å². The van der Waals surface area contributed by atoms with Gasteiger partial charge in [-0.05, 0) is 148 Å². The van der Waals surface area contributed by atoms with E-state index in [2.05, 4.69) is 203 Å². The predicted octanol–water partition coefficient (Wildman–Crippen LogP) is 23.2. The first-order valence-electron chi connectivity index (χ1n) is 33.3. The van der Waals surface area contributed by atoms with Crippen molar-refractivity contribution in [1.29, 1.82) is 0 Å². The van der Waals surface area contributed by atoms with Gasteiger partial charge < -0.3 is 14.2 Å². The fourth-order valence-electron chi connectivity index (χ4n) is 8.53. The van der Waals surface area contributed by atoms with Gasteiger partial charge in [0.2, 0.25) is 0 Å². The van der Waals surface area contributed by atoms with E-state index in [0.29, 0.717) is 19.3 Å². The maximum Gasteiger partial charge on any atom is 0.306 e. The van der Waals surface area contributed by atoms with Crippen molar-refractivity contribution in [2.24, 2.45) is 0 Å². The molecule has 0 radical (unpaired) electrons. The van der Waals surface area contributed by atoms with Crippen LogP contribution in [0, 0.1) is 0 Å². The van der Waals surface area contributed by atoms with E-state index < -0.39 is 6.10 Å². The molecule has 1 atom stereocenters. The minimum Gasteiger partial charge on any atom is -0.462 e. The van der Waals surface area contributed by atoms with Crippen LogP contribution >= 0.6 is 0 Å². The van der Waals surface area contributed by atoms with Gasteiger partial charge in [-0.1, -0.05) is 280 Å². The third kappa shape index (κ3) is 67.2. The molecule has 0 aromatic carbocycles. The molecule has 0 amide bonds. The molecule has 0 N–H and O–H groups in total. The third-order valence-corrected chi connectivity index (χ3v) is 13.4. The Labute approximate surface area is 510 Å². The average molecular weight is 1140 g/mol. The highest BCUT2D eigenvalue weighted by atomic mass is 16.6. The molecule has 0 fully saturated rings. The van der Waals surface area contributed by atoms with Gasteiger partial charge >= 0.3 is 17.9 Å². The van der Waals surface area contributed by atoms with Gasteiger partial charge in [0.1, 0.15) is 13.2 Å². The molecule has 0 saturated heterocycles. The standard InChI is InChI=1S/C77H120O6/c1-4-7-10-13-16-19-22-25-28-31-33-35-37-38-40-41-43-46-49-52-55-58-61-64-67-70-76(79)82-73-74(72-81-75(78)69-66-63-60-57-54-51-48-45-30-27-24-21-18-15-12-9-6-3)83-77(80)71-68-65-62-59-56-53-50-47-44-42-39-36-34-32-29-26-23-20-17-14-11-8-5-2/h7-12,16-21,25-30,33-36,38,40,43,46,48,51,57,60,74H,4-6,13-15,22-24,31-32,37,39,41-42,44-45,47,49-50,52-56,58-59,61-73H2,1-3H3/b10-7-,11-8-,12-9-,19-16-,20-17-,21-18-,28-25-,29-26-,30-27-,35-33-,36-34-,40-38-,46-43-,51-48-,60-57-. The van der Waals surface area contributed by atoms with E-state index in [1.165, 1.54) is 64.2 Å². The summed E-state index contributed by atoms with van der Waals surface area (Å²) >= 11 is 0. The quantitative estimate of drug-likeness (QED) is 0.0261. The molecule has 6 nitrogen and oxygen atoms in total. The van der Waals surface area contributed by atoms with Crippen LogP contribution in [0.15, 0.2) is 182 Å². The van der Waals surface area contributed by atoms with Crippen LogP contribution in [0.3, 0.4) is 0 Å². The van der Waals surface area contributed by atoms with Crippen LogP contribution in [-0.4, -0.2) is 37.2 Å². The minimum absolute atomic E-state index is 0.114. The summed E-state index contributed by atoms with van der Waals surface area (Å²) in [6.07, 6.45) is 103. The molecule has 0 spiro atoms. The predicted molar refractivity (Wildman–Crippen MR) is 361 cm³/mol.